The number of hydrogen-bond acceptors (Lipinski definition) is 4. The molecule has 3 aliphatic rings. The molecular weight excluding hydrogens is 344 g/mol. The number of halogens is 1. The van der Waals surface area contributed by atoms with E-state index in [-0.39, 0.29) is 0 Å². The first-order valence-corrected chi connectivity index (χ1v) is 9.80. The molecule has 1 fully saturated rings. The summed E-state index contributed by atoms with van der Waals surface area (Å²) in [6.45, 7) is 5.19. The first-order valence-electron chi connectivity index (χ1n) is 9.42. The van der Waals surface area contributed by atoms with Gasteiger partial charge in [0.1, 0.15) is 5.84 Å². The number of para-hydroxylation sites is 1. The van der Waals surface area contributed by atoms with Crippen LogP contribution in [0, 0.1) is 0 Å². The first-order chi connectivity index (χ1) is 12.7. The van der Waals surface area contributed by atoms with Gasteiger partial charge in [-0.05, 0) is 49.7 Å². The van der Waals surface area contributed by atoms with Crippen molar-refractivity contribution in [2.24, 2.45) is 4.99 Å². The molecule has 0 spiro atoms. The van der Waals surface area contributed by atoms with E-state index in [2.05, 4.69) is 46.0 Å². The summed E-state index contributed by atoms with van der Waals surface area (Å²) in [5.74, 6) is 1.10. The van der Waals surface area contributed by atoms with Gasteiger partial charge in [-0.15, -0.1) is 0 Å². The zero-order valence-corrected chi connectivity index (χ0v) is 15.8. The molecule has 0 atom stereocenters. The SMILES string of the molecule is CN1CCN(C2=Nc3cc(Cl)ccc3N3CCCc4cccc2c43)CC1. The predicted octanol–water partition coefficient (Wildman–Crippen LogP) is 4.06. The molecule has 4 nitrogen and oxygen atoms in total. The second-order valence-electron chi connectivity index (χ2n) is 7.43. The molecule has 1 saturated heterocycles. The minimum atomic E-state index is 0.744. The van der Waals surface area contributed by atoms with Crippen LogP contribution < -0.4 is 4.90 Å². The smallest absolute Gasteiger partial charge is 0.138 e. The van der Waals surface area contributed by atoms with E-state index < -0.39 is 0 Å². The van der Waals surface area contributed by atoms with Crippen LogP contribution in [-0.4, -0.2) is 55.4 Å². The molecule has 0 aliphatic carbocycles. The number of aliphatic imine (C=N–C) groups is 1. The fraction of sp³-hybridized carbons (Fsp3) is 0.381. The largest absolute Gasteiger partial charge is 0.353 e. The first kappa shape index (κ1) is 16.2. The molecule has 5 heteroatoms. The van der Waals surface area contributed by atoms with Crippen LogP contribution in [0.2, 0.25) is 5.02 Å². The highest BCUT2D eigenvalue weighted by Crippen LogP contribution is 2.44. The van der Waals surface area contributed by atoms with Crippen LogP contribution >= 0.6 is 11.6 Å². The molecule has 3 heterocycles. The Kier molecular flexibility index (Phi) is 3.91. The maximum atomic E-state index is 6.32. The third kappa shape index (κ3) is 2.60. The monoisotopic (exact) mass is 366 g/mol. The number of fused-ring (bicyclic) bond motifs is 2. The van der Waals surface area contributed by atoms with Gasteiger partial charge >= 0.3 is 0 Å². The van der Waals surface area contributed by atoms with Crippen LogP contribution in [0.4, 0.5) is 17.1 Å². The standard InChI is InChI=1S/C21H23ClN4/c1-24-10-12-25(13-11-24)21-17-6-2-4-15-5-3-9-26(20(15)17)19-8-7-16(22)14-18(19)23-21/h2,4,6-8,14H,3,5,9-13H2,1H3. The van der Waals surface area contributed by atoms with E-state index >= 15 is 0 Å². The lowest BCUT2D eigenvalue weighted by atomic mass is 9.96. The lowest BCUT2D eigenvalue weighted by Gasteiger charge is -2.36. The van der Waals surface area contributed by atoms with Crippen molar-refractivity contribution < 1.29 is 0 Å². The molecule has 0 radical (unpaired) electrons. The Morgan fingerprint density at radius 1 is 1.00 bits per heavy atom. The van der Waals surface area contributed by atoms with Crippen molar-refractivity contribution in [3.05, 3.63) is 52.5 Å². The van der Waals surface area contributed by atoms with E-state index in [1.54, 1.807) is 0 Å². The summed E-state index contributed by atoms with van der Waals surface area (Å²) in [6.07, 6.45) is 2.31. The minimum absolute atomic E-state index is 0.744. The molecular formula is C21H23ClN4. The number of anilines is 2. The van der Waals surface area contributed by atoms with Gasteiger partial charge in [0, 0.05) is 43.3 Å². The Morgan fingerprint density at radius 3 is 2.69 bits per heavy atom. The number of hydrogen-bond donors (Lipinski definition) is 0. The number of amidine groups is 1. The Labute approximate surface area is 159 Å². The van der Waals surface area contributed by atoms with Crippen molar-refractivity contribution in [3.8, 4) is 0 Å². The normalized spacial score (nSPS) is 19.5. The van der Waals surface area contributed by atoms with E-state index in [0.717, 1.165) is 55.7 Å². The highest BCUT2D eigenvalue weighted by molar-refractivity contribution is 6.31. The third-order valence-corrected chi connectivity index (χ3v) is 5.95. The number of piperazine rings is 1. The lowest BCUT2D eigenvalue weighted by Crippen LogP contribution is -2.47. The number of nitrogens with zero attached hydrogens (tertiary/aromatic N) is 4. The highest BCUT2D eigenvalue weighted by atomic mass is 35.5. The van der Waals surface area contributed by atoms with Crippen molar-refractivity contribution in [1.82, 2.24) is 9.80 Å². The van der Waals surface area contributed by atoms with Gasteiger partial charge in [-0.1, -0.05) is 23.7 Å². The zero-order chi connectivity index (χ0) is 17.7. The van der Waals surface area contributed by atoms with Crippen molar-refractivity contribution >= 4 is 34.5 Å². The molecule has 26 heavy (non-hydrogen) atoms. The van der Waals surface area contributed by atoms with Gasteiger partial charge in [0.25, 0.3) is 0 Å². The number of benzene rings is 2. The van der Waals surface area contributed by atoms with Crippen molar-refractivity contribution in [1.29, 1.82) is 0 Å². The van der Waals surface area contributed by atoms with Crippen molar-refractivity contribution in [3.63, 3.8) is 0 Å². The third-order valence-electron chi connectivity index (χ3n) is 5.72. The molecule has 2 aromatic rings. The maximum Gasteiger partial charge on any atom is 0.138 e. The molecule has 0 amide bonds. The van der Waals surface area contributed by atoms with Crippen LogP contribution in [0.3, 0.4) is 0 Å². The van der Waals surface area contributed by atoms with E-state index in [0.29, 0.717) is 0 Å². The van der Waals surface area contributed by atoms with Crippen molar-refractivity contribution in [2.45, 2.75) is 12.8 Å². The number of rotatable bonds is 0. The summed E-state index contributed by atoms with van der Waals surface area (Å²) < 4.78 is 0. The molecule has 0 unspecified atom stereocenters. The molecule has 3 aliphatic heterocycles. The second-order valence-corrected chi connectivity index (χ2v) is 7.86. The fourth-order valence-electron chi connectivity index (χ4n) is 4.32. The number of aryl methyl sites for hydroxylation is 1. The topological polar surface area (TPSA) is 22.1 Å². The van der Waals surface area contributed by atoms with Crippen LogP contribution in [0.1, 0.15) is 17.5 Å². The lowest BCUT2D eigenvalue weighted by molar-refractivity contribution is 0.216. The molecule has 0 N–H and O–H groups in total. The Bertz CT molecular complexity index is 884. The van der Waals surface area contributed by atoms with Crippen LogP contribution in [-0.2, 0) is 6.42 Å². The van der Waals surface area contributed by atoms with E-state index in [4.69, 9.17) is 16.6 Å². The predicted molar refractivity (Wildman–Crippen MR) is 108 cm³/mol. The highest BCUT2D eigenvalue weighted by Gasteiger charge is 2.30. The second kappa shape index (κ2) is 6.29. The average molecular weight is 367 g/mol. The summed E-state index contributed by atoms with van der Waals surface area (Å²) in [5, 5.41) is 0.744. The van der Waals surface area contributed by atoms with Gasteiger partial charge in [-0.25, -0.2) is 4.99 Å². The van der Waals surface area contributed by atoms with Crippen LogP contribution in [0.15, 0.2) is 41.4 Å². The average Bonchev–Trinajstić information content (AvgIpc) is 2.79. The van der Waals surface area contributed by atoms with Gasteiger partial charge in [0.05, 0.1) is 17.1 Å². The zero-order valence-electron chi connectivity index (χ0n) is 15.1. The van der Waals surface area contributed by atoms with Crippen LogP contribution in [0.25, 0.3) is 0 Å². The summed E-state index contributed by atoms with van der Waals surface area (Å²) >= 11 is 6.32. The number of likely N-dealkylation sites (N-methyl/N-ethyl adjacent to an activating group) is 1. The summed E-state index contributed by atoms with van der Waals surface area (Å²) in [5.41, 5.74) is 6.19. The molecule has 0 saturated carbocycles. The van der Waals surface area contributed by atoms with Gasteiger partial charge in [-0.3, -0.25) is 0 Å². The Morgan fingerprint density at radius 2 is 1.85 bits per heavy atom. The molecule has 2 aromatic carbocycles. The van der Waals surface area contributed by atoms with E-state index in [1.807, 2.05) is 12.1 Å². The van der Waals surface area contributed by atoms with Gasteiger partial charge in [0.15, 0.2) is 0 Å². The maximum absolute atomic E-state index is 6.32. The quantitative estimate of drug-likeness (QED) is 0.701. The molecule has 134 valence electrons. The summed E-state index contributed by atoms with van der Waals surface area (Å²) in [6, 6.07) is 12.8. The minimum Gasteiger partial charge on any atom is -0.353 e. The van der Waals surface area contributed by atoms with E-state index in [1.165, 1.54) is 28.9 Å². The van der Waals surface area contributed by atoms with Gasteiger partial charge < -0.3 is 14.7 Å². The Hall–Kier alpha value is -2.04. The van der Waals surface area contributed by atoms with Crippen LogP contribution in [0.5, 0.6) is 0 Å². The van der Waals surface area contributed by atoms with Gasteiger partial charge in [0.2, 0.25) is 0 Å². The molecule has 5 rings (SSSR count). The summed E-state index contributed by atoms with van der Waals surface area (Å²) in [4.78, 5) is 12.4. The van der Waals surface area contributed by atoms with E-state index in [9.17, 15) is 0 Å². The fourth-order valence-corrected chi connectivity index (χ4v) is 4.49. The van der Waals surface area contributed by atoms with Gasteiger partial charge in [-0.2, -0.15) is 0 Å². The van der Waals surface area contributed by atoms with Crippen molar-refractivity contribution in [2.75, 3.05) is 44.7 Å². The molecule has 0 bridgehead atoms. The molecule has 0 aromatic heterocycles. The Balaban J connectivity index is 1.72. The summed E-state index contributed by atoms with van der Waals surface area (Å²) in [7, 11) is 2.19.